The van der Waals surface area contributed by atoms with E-state index >= 15 is 0 Å². The number of aromatic nitrogens is 4. The van der Waals surface area contributed by atoms with E-state index in [-0.39, 0.29) is 0 Å². The van der Waals surface area contributed by atoms with Crippen LogP contribution in [0.4, 0.5) is 0 Å². The van der Waals surface area contributed by atoms with Crippen LogP contribution in [0.3, 0.4) is 0 Å². The first-order valence-electron chi connectivity index (χ1n) is 4.91. The second kappa shape index (κ2) is 4.94. The fraction of sp³-hybridized carbons (Fsp3) is 0.889. The minimum absolute atomic E-state index is 0.801. The summed E-state index contributed by atoms with van der Waals surface area (Å²) in [5, 5.41) is 11.8. The van der Waals surface area contributed by atoms with Gasteiger partial charge >= 0.3 is 0 Å². The minimum Gasteiger partial charge on any atom is -0.167 e. The Hall–Kier alpha value is -0.930. The lowest BCUT2D eigenvalue weighted by atomic mass is 10.1. The number of hydrogen-bond donors (Lipinski definition) is 0. The second-order valence-corrected chi connectivity index (χ2v) is 3.83. The first-order chi connectivity index (χ1) is 6.18. The maximum atomic E-state index is 4.12. The average Bonchev–Trinajstić information content (AvgIpc) is 2.45. The van der Waals surface area contributed by atoms with Crippen LogP contribution >= 0.6 is 0 Å². The largest absolute Gasteiger partial charge is 0.174 e. The van der Waals surface area contributed by atoms with Gasteiger partial charge in [0.05, 0.1) is 7.05 Å². The first kappa shape index (κ1) is 10.2. The number of aryl methyl sites for hydroxylation is 2. The molecule has 0 fully saturated rings. The van der Waals surface area contributed by atoms with E-state index in [1.54, 1.807) is 7.05 Å². The molecule has 1 aromatic rings. The smallest absolute Gasteiger partial charge is 0.167 e. The molecule has 0 amide bonds. The molecule has 0 saturated heterocycles. The molecule has 13 heavy (non-hydrogen) atoms. The summed E-state index contributed by atoms with van der Waals surface area (Å²) in [6.45, 7) is 4.50. The third-order valence-electron chi connectivity index (χ3n) is 1.98. The van der Waals surface area contributed by atoms with Gasteiger partial charge in [-0.05, 0) is 17.6 Å². The van der Waals surface area contributed by atoms with Crippen molar-refractivity contribution in [3.63, 3.8) is 0 Å². The highest BCUT2D eigenvalue weighted by atomic mass is 15.6. The van der Waals surface area contributed by atoms with Crippen molar-refractivity contribution in [3.8, 4) is 0 Å². The van der Waals surface area contributed by atoms with Crippen molar-refractivity contribution in [1.29, 1.82) is 0 Å². The summed E-state index contributed by atoms with van der Waals surface area (Å²) in [6, 6.07) is 0. The lowest BCUT2D eigenvalue weighted by Gasteiger charge is -2.01. The van der Waals surface area contributed by atoms with Crippen LogP contribution in [0.25, 0.3) is 0 Å². The molecular weight excluding hydrogens is 164 g/mol. The predicted molar refractivity (Wildman–Crippen MR) is 51.2 cm³/mol. The molecule has 0 spiro atoms. The summed E-state index contributed by atoms with van der Waals surface area (Å²) in [7, 11) is 1.80. The number of tetrazole rings is 1. The van der Waals surface area contributed by atoms with Crippen molar-refractivity contribution >= 4 is 0 Å². The molecule has 0 aliphatic rings. The van der Waals surface area contributed by atoms with E-state index in [1.807, 2.05) is 0 Å². The van der Waals surface area contributed by atoms with Crippen LogP contribution in [-0.2, 0) is 13.5 Å². The third kappa shape index (κ3) is 4.01. The van der Waals surface area contributed by atoms with Crippen molar-refractivity contribution < 1.29 is 0 Å². The molecule has 4 nitrogen and oxygen atoms in total. The van der Waals surface area contributed by atoms with Crippen LogP contribution in [0.15, 0.2) is 0 Å². The van der Waals surface area contributed by atoms with E-state index in [0.717, 1.165) is 18.2 Å². The molecule has 74 valence electrons. The zero-order valence-electron chi connectivity index (χ0n) is 8.69. The van der Waals surface area contributed by atoms with Gasteiger partial charge in [-0.2, -0.15) is 4.80 Å². The van der Waals surface area contributed by atoms with E-state index in [4.69, 9.17) is 0 Å². The molecule has 1 rings (SSSR count). The predicted octanol–water partition coefficient (Wildman–Crippen LogP) is 1.58. The topological polar surface area (TPSA) is 43.6 Å². The SMILES string of the molecule is CC(C)CCCCc1nnn(C)n1. The molecule has 1 aromatic heterocycles. The quantitative estimate of drug-likeness (QED) is 0.649. The van der Waals surface area contributed by atoms with Gasteiger partial charge < -0.3 is 0 Å². The third-order valence-corrected chi connectivity index (χ3v) is 1.98. The Bertz CT molecular complexity index is 242. The number of hydrogen-bond acceptors (Lipinski definition) is 3. The summed E-state index contributed by atoms with van der Waals surface area (Å²) in [6.07, 6.45) is 4.68. The molecule has 0 atom stereocenters. The molecule has 0 N–H and O–H groups in total. The standard InChI is InChI=1S/C9H18N4/c1-8(2)6-4-5-7-9-10-12-13(3)11-9/h8H,4-7H2,1-3H3. The maximum Gasteiger partial charge on any atom is 0.174 e. The van der Waals surface area contributed by atoms with Crippen LogP contribution < -0.4 is 0 Å². The number of rotatable bonds is 5. The number of nitrogens with zero attached hydrogens (tertiary/aromatic N) is 4. The van der Waals surface area contributed by atoms with Gasteiger partial charge in [0.2, 0.25) is 0 Å². The number of unbranched alkanes of at least 4 members (excludes halogenated alkanes) is 1. The van der Waals surface area contributed by atoms with Gasteiger partial charge in [0.15, 0.2) is 5.82 Å². The molecule has 0 unspecified atom stereocenters. The van der Waals surface area contributed by atoms with Crippen LogP contribution in [0, 0.1) is 5.92 Å². The van der Waals surface area contributed by atoms with Crippen LogP contribution in [0.5, 0.6) is 0 Å². The van der Waals surface area contributed by atoms with Crippen molar-refractivity contribution in [1.82, 2.24) is 20.2 Å². The maximum absolute atomic E-state index is 4.12. The summed E-state index contributed by atoms with van der Waals surface area (Å²) in [5.74, 6) is 1.67. The summed E-state index contributed by atoms with van der Waals surface area (Å²) in [5.41, 5.74) is 0. The molecule has 0 radical (unpaired) electrons. The van der Waals surface area contributed by atoms with Crippen molar-refractivity contribution in [3.05, 3.63) is 5.82 Å². The van der Waals surface area contributed by atoms with E-state index < -0.39 is 0 Å². The van der Waals surface area contributed by atoms with E-state index in [9.17, 15) is 0 Å². The van der Waals surface area contributed by atoms with Gasteiger partial charge in [-0.1, -0.05) is 26.7 Å². The van der Waals surface area contributed by atoms with E-state index in [0.29, 0.717) is 0 Å². The Morgan fingerprint density at radius 1 is 1.31 bits per heavy atom. The molecule has 1 heterocycles. The first-order valence-corrected chi connectivity index (χ1v) is 4.91. The lowest BCUT2D eigenvalue weighted by Crippen LogP contribution is -1.94. The zero-order valence-corrected chi connectivity index (χ0v) is 8.69. The molecule has 0 aromatic carbocycles. The highest BCUT2D eigenvalue weighted by Crippen LogP contribution is 2.07. The summed E-state index contributed by atoms with van der Waals surface area (Å²) < 4.78 is 0. The van der Waals surface area contributed by atoms with Gasteiger partial charge in [0.1, 0.15) is 0 Å². The summed E-state index contributed by atoms with van der Waals surface area (Å²) in [4.78, 5) is 1.51. The van der Waals surface area contributed by atoms with Gasteiger partial charge in [-0.25, -0.2) is 0 Å². The molecule has 0 aliphatic heterocycles. The summed E-state index contributed by atoms with van der Waals surface area (Å²) >= 11 is 0. The van der Waals surface area contributed by atoms with Gasteiger partial charge in [0, 0.05) is 6.42 Å². The average molecular weight is 182 g/mol. The van der Waals surface area contributed by atoms with Crippen molar-refractivity contribution in [2.75, 3.05) is 0 Å². The normalized spacial score (nSPS) is 11.1. The van der Waals surface area contributed by atoms with Gasteiger partial charge in [-0.3, -0.25) is 0 Å². The Labute approximate surface area is 79.3 Å². The highest BCUT2D eigenvalue weighted by molar-refractivity contribution is 4.75. The van der Waals surface area contributed by atoms with E-state index in [2.05, 4.69) is 29.3 Å². The molecular formula is C9H18N4. The van der Waals surface area contributed by atoms with Crippen LogP contribution in [0.1, 0.15) is 38.9 Å². The highest BCUT2D eigenvalue weighted by Gasteiger charge is 2.00. The molecule has 4 heteroatoms. The van der Waals surface area contributed by atoms with Gasteiger partial charge in [-0.15, -0.1) is 10.2 Å². The molecule has 0 aliphatic carbocycles. The Balaban J connectivity index is 2.13. The van der Waals surface area contributed by atoms with Gasteiger partial charge in [0.25, 0.3) is 0 Å². The van der Waals surface area contributed by atoms with Crippen molar-refractivity contribution in [2.24, 2.45) is 13.0 Å². The van der Waals surface area contributed by atoms with Crippen LogP contribution in [-0.4, -0.2) is 20.2 Å². The van der Waals surface area contributed by atoms with Crippen LogP contribution in [0.2, 0.25) is 0 Å². The lowest BCUT2D eigenvalue weighted by molar-refractivity contribution is 0.533. The minimum atomic E-state index is 0.801. The fourth-order valence-electron chi connectivity index (χ4n) is 1.26. The molecule has 0 bridgehead atoms. The molecule has 0 saturated carbocycles. The van der Waals surface area contributed by atoms with E-state index in [1.165, 1.54) is 24.1 Å². The second-order valence-electron chi connectivity index (χ2n) is 3.83. The fourth-order valence-corrected chi connectivity index (χ4v) is 1.26. The monoisotopic (exact) mass is 182 g/mol. The van der Waals surface area contributed by atoms with Crippen molar-refractivity contribution in [2.45, 2.75) is 39.5 Å². The Morgan fingerprint density at radius 2 is 2.08 bits per heavy atom. The Morgan fingerprint density at radius 3 is 2.62 bits per heavy atom. The zero-order chi connectivity index (χ0) is 9.68. The Kier molecular flexibility index (Phi) is 3.86.